The highest BCUT2D eigenvalue weighted by Crippen LogP contribution is 2.38. The quantitative estimate of drug-likeness (QED) is 0.465. The molecule has 0 amide bonds. The Bertz CT molecular complexity index is 775. The maximum absolute atomic E-state index is 12.3. The molecule has 26 heavy (non-hydrogen) atoms. The number of carbonyl (C=O) groups excluding carboxylic acids is 2. The Morgan fingerprint density at radius 1 is 1.00 bits per heavy atom. The Balaban J connectivity index is 2.29. The number of thioether (sulfide) groups is 2. The summed E-state index contributed by atoms with van der Waals surface area (Å²) in [5, 5.41) is 8.48. The van der Waals surface area contributed by atoms with Crippen molar-refractivity contribution in [2.45, 2.75) is 35.2 Å². The number of rotatable bonds is 9. The number of hydrogen-bond donors (Lipinski definition) is 1. The summed E-state index contributed by atoms with van der Waals surface area (Å²) >= 11 is 5.54. The zero-order valence-corrected chi connectivity index (χ0v) is 17.8. The van der Waals surface area contributed by atoms with Gasteiger partial charge in [0.2, 0.25) is 0 Å². The minimum atomic E-state index is -0.535. The average Bonchev–Trinajstić information content (AvgIpc) is 3.17. The van der Waals surface area contributed by atoms with E-state index in [1.807, 2.05) is 6.92 Å². The van der Waals surface area contributed by atoms with E-state index in [4.69, 9.17) is 15.2 Å². The van der Waals surface area contributed by atoms with Crippen molar-refractivity contribution < 1.29 is 19.1 Å². The number of hydrogen-bond acceptors (Lipinski definition) is 11. The van der Waals surface area contributed by atoms with Crippen LogP contribution in [-0.2, 0) is 15.2 Å². The van der Waals surface area contributed by atoms with Crippen LogP contribution in [0.15, 0.2) is 8.68 Å². The van der Waals surface area contributed by atoms with Crippen molar-refractivity contribution in [3.05, 3.63) is 16.0 Å². The maximum atomic E-state index is 12.3. The van der Waals surface area contributed by atoms with Crippen molar-refractivity contribution in [1.29, 1.82) is 0 Å². The van der Waals surface area contributed by atoms with Crippen LogP contribution in [0, 0.1) is 0 Å². The standard InChI is InChI=1S/C15H19N3O4S4/c1-4-21-12(19)9-8(10(25-11(9)16)13(20)22-5-2)7-24-15-18-17-14(26-15)23-6-3/h4-7,16H2,1-3H3. The summed E-state index contributed by atoms with van der Waals surface area (Å²) in [6, 6.07) is 0. The molecule has 2 rings (SSSR count). The third-order valence-corrected chi connectivity index (χ3v) is 7.11. The number of anilines is 1. The number of thiophene rings is 1. The van der Waals surface area contributed by atoms with Crippen LogP contribution >= 0.6 is 46.2 Å². The molecule has 2 N–H and O–H groups in total. The predicted molar refractivity (Wildman–Crippen MR) is 107 cm³/mol. The number of aromatic nitrogens is 2. The highest BCUT2D eigenvalue weighted by atomic mass is 32.2. The van der Waals surface area contributed by atoms with Gasteiger partial charge in [0, 0.05) is 11.3 Å². The molecule has 0 aromatic carbocycles. The molecule has 0 atom stereocenters. The molecule has 0 saturated carbocycles. The van der Waals surface area contributed by atoms with Gasteiger partial charge in [0.15, 0.2) is 8.68 Å². The molecule has 0 fully saturated rings. The number of esters is 2. The van der Waals surface area contributed by atoms with Crippen LogP contribution in [0.2, 0.25) is 0 Å². The van der Waals surface area contributed by atoms with Gasteiger partial charge in [0.05, 0.1) is 18.8 Å². The fourth-order valence-electron chi connectivity index (χ4n) is 1.98. The molecule has 0 aliphatic carbocycles. The third kappa shape index (κ3) is 5.12. The summed E-state index contributed by atoms with van der Waals surface area (Å²) in [4.78, 5) is 24.9. The molecular weight excluding hydrogens is 414 g/mol. The Hall–Kier alpha value is -1.30. The van der Waals surface area contributed by atoms with Crippen LogP contribution in [0.1, 0.15) is 46.4 Å². The second-order valence-corrected chi connectivity index (χ2v) is 9.41. The van der Waals surface area contributed by atoms with Crippen LogP contribution < -0.4 is 5.73 Å². The molecule has 2 aromatic heterocycles. The van der Waals surface area contributed by atoms with Gasteiger partial charge in [-0.2, -0.15) is 0 Å². The molecule has 0 bridgehead atoms. The molecule has 0 spiro atoms. The van der Waals surface area contributed by atoms with Crippen molar-refractivity contribution in [3.63, 3.8) is 0 Å². The topological polar surface area (TPSA) is 104 Å². The van der Waals surface area contributed by atoms with E-state index in [0.29, 0.717) is 16.2 Å². The van der Waals surface area contributed by atoms with Gasteiger partial charge < -0.3 is 15.2 Å². The lowest BCUT2D eigenvalue weighted by atomic mass is 10.1. The zero-order valence-electron chi connectivity index (χ0n) is 14.6. The lowest BCUT2D eigenvalue weighted by Gasteiger charge is -2.06. The maximum Gasteiger partial charge on any atom is 0.348 e. The van der Waals surface area contributed by atoms with E-state index >= 15 is 0 Å². The van der Waals surface area contributed by atoms with E-state index in [0.717, 1.165) is 25.8 Å². The highest BCUT2D eigenvalue weighted by molar-refractivity contribution is 8.02. The van der Waals surface area contributed by atoms with Crippen LogP contribution in [0.3, 0.4) is 0 Å². The molecule has 0 aliphatic rings. The number of carbonyl (C=O) groups is 2. The smallest absolute Gasteiger partial charge is 0.348 e. The molecule has 0 unspecified atom stereocenters. The van der Waals surface area contributed by atoms with Crippen LogP contribution in [0.5, 0.6) is 0 Å². The van der Waals surface area contributed by atoms with Crippen molar-refractivity contribution >= 4 is 63.1 Å². The molecule has 11 heteroatoms. The lowest BCUT2D eigenvalue weighted by molar-refractivity contribution is 0.0527. The molecule has 0 radical (unpaired) electrons. The summed E-state index contributed by atoms with van der Waals surface area (Å²) in [6.45, 7) is 5.96. The van der Waals surface area contributed by atoms with Gasteiger partial charge in [-0.25, -0.2) is 9.59 Å². The van der Waals surface area contributed by atoms with Crippen LogP contribution in [0.25, 0.3) is 0 Å². The fraction of sp³-hybridized carbons (Fsp3) is 0.467. The van der Waals surface area contributed by atoms with Gasteiger partial charge in [-0.1, -0.05) is 41.8 Å². The summed E-state index contributed by atoms with van der Waals surface area (Å²) in [6.07, 6.45) is 0. The summed E-state index contributed by atoms with van der Waals surface area (Å²) in [5.74, 6) is 0.239. The summed E-state index contributed by atoms with van der Waals surface area (Å²) < 4.78 is 11.8. The van der Waals surface area contributed by atoms with Crippen molar-refractivity contribution in [2.24, 2.45) is 0 Å². The number of ether oxygens (including phenoxy) is 2. The number of nitrogens with zero attached hydrogens (tertiary/aromatic N) is 2. The SMILES string of the molecule is CCOC(=O)c1sc(N)c(C(=O)OCC)c1CSc1nnc(SCC)s1. The molecule has 142 valence electrons. The first-order chi connectivity index (χ1) is 12.5. The predicted octanol–water partition coefficient (Wildman–Crippen LogP) is 3.94. The molecule has 0 saturated heterocycles. The molecule has 7 nitrogen and oxygen atoms in total. The Morgan fingerprint density at radius 2 is 1.62 bits per heavy atom. The van der Waals surface area contributed by atoms with E-state index in [9.17, 15) is 9.59 Å². The van der Waals surface area contributed by atoms with E-state index in [-0.39, 0.29) is 23.8 Å². The Morgan fingerprint density at radius 3 is 2.23 bits per heavy atom. The highest BCUT2D eigenvalue weighted by Gasteiger charge is 2.28. The minimum Gasteiger partial charge on any atom is -0.462 e. The van der Waals surface area contributed by atoms with Crippen molar-refractivity contribution in [3.8, 4) is 0 Å². The lowest BCUT2D eigenvalue weighted by Crippen LogP contribution is -2.10. The van der Waals surface area contributed by atoms with Gasteiger partial charge in [0.1, 0.15) is 9.88 Å². The van der Waals surface area contributed by atoms with Gasteiger partial charge in [0.25, 0.3) is 0 Å². The van der Waals surface area contributed by atoms with Gasteiger partial charge in [-0.05, 0) is 19.6 Å². The van der Waals surface area contributed by atoms with Crippen LogP contribution in [-0.4, -0.2) is 41.1 Å². The second kappa shape index (κ2) is 10.1. The molecule has 2 heterocycles. The minimum absolute atomic E-state index is 0.226. The van der Waals surface area contributed by atoms with Crippen LogP contribution in [0.4, 0.5) is 5.00 Å². The molecule has 2 aromatic rings. The normalized spacial score (nSPS) is 10.7. The third-order valence-electron chi connectivity index (χ3n) is 2.97. The first kappa shape index (κ1) is 21.0. The number of nitrogens with two attached hydrogens (primary N) is 1. The number of nitrogen functional groups attached to an aromatic ring is 1. The Labute approximate surface area is 168 Å². The first-order valence-corrected chi connectivity index (χ1v) is 11.5. The molecule has 0 aliphatic heterocycles. The van der Waals surface area contributed by atoms with E-state index in [2.05, 4.69) is 10.2 Å². The van der Waals surface area contributed by atoms with Crippen molar-refractivity contribution in [2.75, 3.05) is 24.7 Å². The van der Waals surface area contributed by atoms with E-state index < -0.39 is 11.9 Å². The first-order valence-electron chi connectivity index (χ1n) is 7.86. The van der Waals surface area contributed by atoms with Gasteiger partial charge in [-0.15, -0.1) is 21.5 Å². The van der Waals surface area contributed by atoms with Crippen molar-refractivity contribution in [1.82, 2.24) is 10.2 Å². The van der Waals surface area contributed by atoms with E-state index in [1.54, 1.807) is 25.6 Å². The average molecular weight is 434 g/mol. The zero-order chi connectivity index (χ0) is 19.1. The largest absolute Gasteiger partial charge is 0.462 e. The van der Waals surface area contributed by atoms with Gasteiger partial charge in [-0.3, -0.25) is 0 Å². The van der Waals surface area contributed by atoms with Gasteiger partial charge >= 0.3 is 11.9 Å². The Kier molecular flexibility index (Phi) is 8.19. The van der Waals surface area contributed by atoms with E-state index in [1.165, 1.54) is 23.1 Å². The molecular formula is C15H19N3O4S4. The monoisotopic (exact) mass is 433 g/mol. The fourth-order valence-corrected chi connectivity index (χ4v) is 5.99. The summed E-state index contributed by atoms with van der Waals surface area (Å²) in [7, 11) is 0. The summed E-state index contributed by atoms with van der Waals surface area (Å²) in [5.41, 5.74) is 6.75. The second-order valence-electron chi connectivity index (χ2n) is 4.65.